The number of benzene rings is 2. The van der Waals surface area contributed by atoms with Crippen LogP contribution in [0.1, 0.15) is 57.7 Å². The predicted molar refractivity (Wildman–Crippen MR) is 132 cm³/mol. The Bertz CT molecular complexity index is 1430. The Labute approximate surface area is 212 Å². The SMILES string of the molecule is CCC1CC(O)C(C)(C)c2cc3cc(NC(=O)C4(c5ccc6c(c5)OC(F)(F)O6)CC4)c(F)cc3n2C1. The van der Waals surface area contributed by atoms with Crippen molar-refractivity contribution in [2.45, 2.75) is 76.2 Å². The number of rotatable bonds is 4. The number of ether oxygens (including phenoxy) is 2. The number of aliphatic hydroxyl groups is 1. The maximum absolute atomic E-state index is 15.4. The van der Waals surface area contributed by atoms with Crippen LogP contribution in [0.2, 0.25) is 0 Å². The van der Waals surface area contributed by atoms with Gasteiger partial charge < -0.3 is 24.5 Å². The normalized spacial score (nSPS) is 24.4. The minimum atomic E-state index is -3.74. The molecule has 1 aliphatic carbocycles. The third kappa shape index (κ3) is 3.77. The number of carbonyl (C=O) groups excluding carboxylic acids is 1. The Morgan fingerprint density at radius 2 is 1.86 bits per heavy atom. The number of aromatic nitrogens is 1. The fourth-order valence-corrected chi connectivity index (χ4v) is 5.78. The quantitative estimate of drug-likeness (QED) is 0.459. The van der Waals surface area contributed by atoms with E-state index in [1.807, 2.05) is 19.9 Å². The topological polar surface area (TPSA) is 72.7 Å². The van der Waals surface area contributed by atoms with Crippen molar-refractivity contribution in [1.82, 2.24) is 4.57 Å². The van der Waals surface area contributed by atoms with E-state index < -0.39 is 35.0 Å². The predicted octanol–water partition coefficient (Wildman–Crippen LogP) is 5.84. The number of halogens is 3. The molecule has 0 bridgehead atoms. The second kappa shape index (κ2) is 7.90. The molecule has 2 aromatic carbocycles. The van der Waals surface area contributed by atoms with Crippen LogP contribution in [0.3, 0.4) is 0 Å². The lowest BCUT2D eigenvalue weighted by atomic mass is 9.80. The van der Waals surface area contributed by atoms with E-state index in [-0.39, 0.29) is 23.1 Å². The maximum Gasteiger partial charge on any atom is 0.586 e. The highest BCUT2D eigenvalue weighted by Crippen LogP contribution is 2.52. The number of aliphatic hydroxyl groups excluding tert-OH is 1. The molecule has 2 N–H and O–H groups in total. The highest BCUT2D eigenvalue weighted by molar-refractivity contribution is 6.03. The van der Waals surface area contributed by atoms with Gasteiger partial charge in [-0.15, -0.1) is 8.78 Å². The molecule has 9 heteroatoms. The first-order valence-electron chi connectivity index (χ1n) is 12.7. The van der Waals surface area contributed by atoms with Crippen molar-refractivity contribution in [2.75, 3.05) is 5.32 Å². The Morgan fingerprint density at radius 1 is 1.14 bits per heavy atom. The summed E-state index contributed by atoms with van der Waals surface area (Å²) in [5, 5.41) is 14.4. The number of amides is 1. The first-order chi connectivity index (χ1) is 17.4. The molecule has 6 rings (SSSR count). The second-order valence-corrected chi connectivity index (χ2v) is 11.1. The summed E-state index contributed by atoms with van der Waals surface area (Å²) in [4.78, 5) is 13.3. The van der Waals surface area contributed by atoms with E-state index in [4.69, 9.17) is 0 Å². The van der Waals surface area contributed by atoms with Crippen molar-refractivity contribution in [2.24, 2.45) is 5.92 Å². The lowest BCUT2D eigenvalue weighted by molar-refractivity contribution is -0.286. The van der Waals surface area contributed by atoms with E-state index in [9.17, 15) is 18.7 Å². The second-order valence-electron chi connectivity index (χ2n) is 11.1. The molecule has 37 heavy (non-hydrogen) atoms. The molecule has 2 unspecified atom stereocenters. The smallest absolute Gasteiger partial charge is 0.395 e. The molecular weight excluding hydrogens is 485 g/mol. The van der Waals surface area contributed by atoms with E-state index in [1.165, 1.54) is 18.2 Å². The van der Waals surface area contributed by atoms with Gasteiger partial charge in [0.15, 0.2) is 11.5 Å². The van der Waals surface area contributed by atoms with Crippen molar-refractivity contribution < 1.29 is 32.5 Å². The number of nitrogens with one attached hydrogen (secondary N) is 1. The minimum absolute atomic E-state index is 0.0576. The van der Waals surface area contributed by atoms with Gasteiger partial charge in [-0.2, -0.15) is 0 Å². The van der Waals surface area contributed by atoms with Crippen LogP contribution in [0.4, 0.5) is 18.9 Å². The highest BCUT2D eigenvalue weighted by Gasteiger charge is 2.53. The van der Waals surface area contributed by atoms with Gasteiger partial charge in [0.25, 0.3) is 0 Å². The van der Waals surface area contributed by atoms with Gasteiger partial charge in [-0.1, -0.05) is 33.3 Å². The summed E-state index contributed by atoms with van der Waals surface area (Å²) < 4.78 is 53.3. The van der Waals surface area contributed by atoms with Crippen LogP contribution >= 0.6 is 0 Å². The van der Waals surface area contributed by atoms with Gasteiger partial charge in [-0.05, 0) is 55.0 Å². The first kappa shape index (κ1) is 24.2. The van der Waals surface area contributed by atoms with Gasteiger partial charge in [0.1, 0.15) is 5.82 Å². The molecular formula is C28H29F3N2O4. The summed E-state index contributed by atoms with van der Waals surface area (Å²) in [6.45, 7) is 6.77. The van der Waals surface area contributed by atoms with E-state index in [0.717, 1.165) is 23.0 Å². The molecule has 2 atom stereocenters. The van der Waals surface area contributed by atoms with Gasteiger partial charge in [0.05, 0.1) is 22.7 Å². The summed E-state index contributed by atoms with van der Waals surface area (Å²) in [6.07, 6.45) is -1.67. The monoisotopic (exact) mass is 514 g/mol. The average molecular weight is 515 g/mol. The Balaban J connectivity index is 1.32. The largest absolute Gasteiger partial charge is 0.586 e. The number of alkyl halides is 2. The molecule has 1 aromatic heterocycles. The van der Waals surface area contributed by atoms with Gasteiger partial charge >= 0.3 is 6.29 Å². The molecule has 3 aliphatic rings. The first-order valence-corrected chi connectivity index (χ1v) is 12.7. The van der Waals surface area contributed by atoms with Crippen LogP contribution in [0.5, 0.6) is 11.5 Å². The number of fused-ring (bicyclic) bond motifs is 4. The van der Waals surface area contributed by atoms with Crippen molar-refractivity contribution in [1.29, 1.82) is 0 Å². The molecule has 6 nitrogen and oxygen atoms in total. The summed E-state index contributed by atoms with van der Waals surface area (Å²) in [5.41, 5.74) is 0.770. The molecule has 196 valence electrons. The number of hydrogen-bond donors (Lipinski definition) is 2. The van der Waals surface area contributed by atoms with Crippen molar-refractivity contribution >= 4 is 22.5 Å². The molecule has 0 spiro atoms. The molecule has 2 aliphatic heterocycles. The van der Waals surface area contributed by atoms with Crippen LogP contribution in [0, 0.1) is 11.7 Å². The van der Waals surface area contributed by atoms with Crippen LogP contribution in [-0.2, 0) is 22.2 Å². The Hall–Kier alpha value is -3.20. The van der Waals surface area contributed by atoms with Gasteiger partial charge in [0, 0.05) is 29.1 Å². The zero-order valence-electron chi connectivity index (χ0n) is 20.9. The van der Waals surface area contributed by atoms with Crippen LogP contribution in [-0.4, -0.2) is 28.0 Å². The van der Waals surface area contributed by atoms with E-state index in [1.54, 1.807) is 12.1 Å². The number of carbonyl (C=O) groups is 1. The summed E-state index contributed by atoms with van der Waals surface area (Å²) in [7, 11) is 0. The van der Waals surface area contributed by atoms with Gasteiger partial charge in [0.2, 0.25) is 5.91 Å². The fourth-order valence-electron chi connectivity index (χ4n) is 5.78. The minimum Gasteiger partial charge on any atom is -0.395 e. The van der Waals surface area contributed by atoms with Gasteiger partial charge in [-0.25, -0.2) is 4.39 Å². The van der Waals surface area contributed by atoms with Crippen molar-refractivity contribution in [3.8, 4) is 11.5 Å². The number of nitrogens with zero attached hydrogens (tertiary/aromatic N) is 1. The van der Waals surface area contributed by atoms with E-state index in [0.29, 0.717) is 31.4 Å². The third-order valence-electron chi connectivity index (χ3n) is 8.44. The van der Waals surface area contributed by atoms with Crippen LogP contribution in [0.25, 0.3) is 10.9 Å². The summed E-state index contributed by atoms with van der Waals surface area (Å²) in [5.74, 6) is -0.907. The summed E-state index contributed by atoms with van der Waals surface area (Å²) in [6, 6.07) is 9.36. The average Bonchev–Trinajstić information content (AvgIpc) is 3.50. The Kier molecular flexibility index (Phi) is 5.16. The molecule has 3 heterocycles. The van der Waals surface area contributed by atoms with Gasteiger partial charge in [-0.3, -0.25) is 4.79 Å². The third-order valence-corrected chi connectivity index (χ3v) is 8.44. The number of anilines is 1. The van der Waals surface area contributed by atoms with Crippen LogP contribution in [0.15, 0.2) is 36.4 Å². The van der Waals surface area contributed by atoms with Crippen molar-refractivity contribution in [3.05, 3.63) is 53.5 Å². The lowest BCUT2D eigenvalue weighted by Gasteiger charge is -2.29. The molecule has 0 radical (unpaired) electrons. The fraction of sp³-hybridized carbons (Fsp3) is 0.464. The highest BCUT2D eigenvalue weighted by atomic mass is 19.3. The van der Waals surface area contributed by atoms with E-state index in [2.05, 4.69) is 26.3 Å². The lowest BCUT2D eigenvalue weighted by Crippen LogP contribution is -2.34. The Morgan fingerprint density at radius 3 is 2.57 bits per heavy atom. The summed E-state index contributed by atoms with van der Waals surface area (Å²) >= 11 is 0. The maximum atomic E-state index is 15.4. The molecule has 0 saturated heterocycles. The molecule has 1 saturated carbocycles. The van der Waals surface area contributed by atoms with E-state index >= 15 is 4.39 Å². The standard InChI is InChI=1S/C28H29F3N2O4/c1-4-15-9-24(34)26(2,3)23-11-16-10-19(18(29)13-20(16)33(23)14-15)32-25(35)27(7-8-27)17-5-6-21-22(12-17)37-28(30,31)36-21/h5-6,10-13,15,24,34H,4,7-9,14H2,1-3H3,(H,32,35). The van der Waals surface area contributed by atoms with Crippen LogP contribution < -0.4 is 14.8 Å². The zero-order valence-corrected chi connectivity index (χ0v) is 20.9. The molecule has 3 aromatic rings. The molecule has 1 fully saturated rings. The molecule has 1 amide bonds. The van der Waals surface area contributed by atoms with Crippen molar-refractivity contribution in [3.63, 3.8) is 0 Å². The number of hydrogen-bond acceptors (Lipinski definition) is 4. The zero-order chi connectivity index (χ0) is 26.3.